The SMILES string of the molecule is CCOC(=O)c1ccc(NC(=O)c2oc3c(c2C)/C(=N/NC(=O)Cc2coc4c(C)c(C)ccc24)CCC3)cc1. The number of fused-ring (bicyclic) bond motifs is 2. The molecule has 2 N–H and O–H groups in total. The van der Waals surface area contributed by atoms with Crippen molar-refractivity contribution in [1.29, 1.82) is 0 Å². The molecule has 0 saturated carbocycles. The highest BCUT2D eigenvalue weighted by Crippen LogP contribution is 2.31. The topological polar surface area (TPSA) is 123 Å². The van der Waals surface area contributed by atoms with Gasteiger partial charge in [-0.1, -0.05) is 12.1 Å². The number of carbonyl (C=O) groups is 3. The smallest absolute Gasteiger partial charge is 0.338 e. The highest BCUT2D eigenvalue weighted by molar-refractivity contribution is 6.09. The number of aryl methyl sites for hydroxylation is 3. The number of hydrogen-bond acceptors (Lipinski definition) is 7. The first kappa shape index (κ1) is 26.9. The molecule has 0 aliphatic heterocycles. The molecule has 1 aliphatic carbocycles. The Kier molecular flexibility index (Phi) is 7.55. The molecule has 0 bridgehead atoms. The van der Waals surface area contributed by atoms with Gasteiger partial charge in [-0.3, -0.25) is 9.59 Å². The van der Waals surface area contributed by atoms with Crippen LogP contribution in [0.3, 0.4) is 0 Å². The Balaban J connectivity index is 1.29. The normalized spacial score (nSPS) is 13.8. The predicted molar refractivity (Wildman–Crippen MR) is 151 cm³/mol. The molecule has 9 nitrogen and oxygen atoms in total. The molecule has 0 radical (unpaired) electrons. The van der Waals surface area contributed by atoms with Gasteiger partial charge in [-0.05, 0) is 75.9 Å². The molecule has 2 aromatic carbocycles. The third kappa shape index (κ3) is 5.27. The molecule has 40 heavy (non-hydrogen) atoms. The monoisotopic (exact) mass is 541 g/mol. The van der Waals surface area contributed by atoms with Crippen LogP contribution in [-0.2, 0) is 22.4 Å². The van der Waals surface area contributed by atoms with Crippen molar-refractivity contribution in [1.82, 2.24) is 5.43 Å². The lowest BCUT2D eigenvalue weighted by molar-refractivity contribution is -0.120. The first-order chi connectivity index (χ1) is 19.3. The maximum absolute atomic E-state index is 13.1. The van der Waals surface area contributed by atoms with Gasteiger partial charge in [0.2, 0.25) is 5.91 Å². The summed E-state index contributed by atoms with van der Waals surface area (Å²) >= 11 is 0. The lowest BCUT2D eigenvalue weighted by Crippen LogP contribution is -2.23. The average molecular weight is 542 g/mol. The highest BCUT2D eigenvalue weighted by Gasteiger charge is 2.28. The number of hydrogen-bond donors (Lipinski definition) is 2. The molecule has 0 unspecified atom stereocenters. The maximum Gasteiger partial charge on any atom is 0.338 e. The molecule has 2 heterocycles. The Morgan fingerprint density at radius 3 is 2.52 bits per heavy atom. The van der Waals surface area contributed by atoms with E-state index in [4.69, 9.17) is 13.6 Å². The minimum atomic E-state index is -0.419. The van der Waals surface area contributed by atoms with E-state index in [0.717, 1.165) is 39.6 Å². The maximum atomic E-state index is 13.1. The molecule has 5 rings (SSSR count). The van der Waals surface area contributed by atoms with Crippen LogP contribution in [-0.4, -0.2) is 30.1 Å². The molecule has 4 aromatic rings. The number of carbonyl (C=O) groups excluding carboxylic acids is 3. The number of amides is 2. The van der Waals surface area contributed by atoms with Crippen LogP contribution in [0.5, 0.6) is 0 Å². The molecule has 1 aliphatic rings. The van der Waals surface area contributed by atoms with Crippen molar-refractivity contribution in [3.8, 4) is 0 Å². The molecular formula is C31H31N3O6. The Morgan fingerprint density at radius 1 is 1.00 bits per heavy atom. The second-order valence-electron chi connectivity index (χ2n) is 9.88. The summed E-state index contributed by atoms with van der Waals surface area (Å²) in [6, 6.07) is 10.4. The van der Waals surface area contributed by atoms with Gasteiger partial charge in [0, 0.05) is 34.2 Å². The fraction of sp³-hybridized carbons (Fsp3) is 0.290. The van der Waals surface area contributed by atoms with Crippen LogP contribution in [0.4, 0.5) is 5.69 Å². The van der Waals surface area contributed by atoms with Crippen molar-refractivity contribution in [2.45, 2.75) is 53.4 Å². The van der Waals surface area contributed by atoms with E-state index in [9.17, 15) is 14.4 Å². The van der Waals surface area contributed by atoms with Crippen molar-refractivity contribution in [2.75, 3.05) is 11.9 Å². The molecule has 2 amide bonds. The molecule has 9 heteroatoms. The number of hydrazone groups is 1. The molecular weight excluding hydrogens is 510 g/mol. The largest absolute Gasteiger partial charge is 0.464 e. The van der Waals surface area contributed by atoms with Gasteiger partial charge >= 0.3 is 5.97 Å². The summed E-state index contributed by atoms with van der Waals surface area (Å²) in [6.45, 7) is 7.87. The zero-order valence-electron chi connectivity index (χ0n) is 23.0. The number of ether oxygens (including phenoxy) is 1. The lowest BCUT2D eigenvalue weighted by atomic mass is 9.93. The first-order valence-electron chi connectivity index (χ1n) is 13.3. The minimum Gasteiger partial charge on any atom is -0.464 e. The lowest BCUT2D eigenvalue weighted by Gasteiger charge is -2.13. The van der Waals surface area contributed by atoms with E-state index in [2.05, 4.69) is 15.8 Å². The fourth-order valence-electron chi connectivity index (χ4n) is 4.96. The Hall–Kier alpha value is -4.66. The fourth-order valence-corrected chi connectivity index (χ4v) is 4.96. The summed E-state index contributed by atoms with van der Waals surface area (Å²) in [5.74, 6) is -0.221. The van der Waals surface area contributed by atoms with Gasteiger partial charge in [-0.25, -0.2) is 10.2 Å². The van der Waals surface area contributed by atoms with Gasteiger partial charge in [0.1, 0.15) is 11.3 Å². The zero-order valence-corrected chi connectivity index (χ0v) is 23.0. The van der Waals surface area contributed by atoms with Crippen LogP contribution in [0.15, 0.2) is 56.6 Å². The van der Waals surface area contributed by atoms with Crippen LogP contribution in [0.2, 0.25) is 0 Å². The number of nitrogens with zero attached hydrogens (tertiary/aromatic N) is 1. The first-order valence-corrected chi connectivity index (χ1v) is 13.3. The second-order valence-corrected chi connectivity index (χ2v) is 9.88. The van der Waals surface area contributed by atoms with Crippen molar-refractivity contribution >= 4 is 40.2 Å². The summed E-state index contributed by atoms with van der Waals surface area (Å²) in [6.07, 6.45) is 3.86. The molecule has 2 aromatic heterocycles. The average Bonchev–Trinajstić information content (AvgIpc) is 3.51. The Labute approximate surface area is 231 Å². The summed E-state index contributed by atoms with van der Waals surface area (Å²) in [4.78, 5) is 37.7. The molecule has 0 fully saturated rings. The molecule has 206 valence electrons. The van der Waals surface area contributed by atoms with E-state index in [1.54, 1.807) is 37.5 Å². The second kappa shape index (κ2) is 11.2. The van der Waals surface area contributed by atoms with Crippen LogP contribution in [0.25, 0.3) is 11.0 Å². The van der Waals surface area contributed by atoms with Crippen molar-refractivity contribution < 1.29 is 28.0 Å². The molecule has 0 atom stereocenters. The Bertz CT molecular complexity index is 1640. The van der Waals surface area contributed by atoms with E-state index in [0.29, 0.717) is 41.1 Å². The van der Waals surface area contributed by atoms with Gasteiger partial charge in [0.05, 0.1) is 30.6 Å². The molecule has 0 spiro atoms. The van der Waals surface area contributed by atoms with Gasteiger partial charge < -0.3 is 18.9 Å². The van der Waals surface area contributed by atoms with Crippen molar-refractivity contribution in [3.05, 3.63) is 87.6 Å². The predicted octanol–water partition coefficient (Wildman–Crippen LogP) is 5.78. The van der Waals surface area contributed by atoms with E-state index < -0.39 is 11.9 Å². The number of esters is 1. The number of rotatable bonds is 7. The Morgan fingerprint density at radius 2 is 1.77 bits per heavy atom. The van der Waals surface area contributed by atoms with E-state index in [1.165, 1.54) is 0 Å². The van der Waals surface area contributed by atoms with Gasteiger partial charge in [-0.15, -0.1) is 0 Å². The highest BCUT2D eigenvalue weighted by atomic mass is 16.5. The third-order valence-electron chi connectivity index (χ3n) is 7.19. The molecule has 0 saturated heterocycles. The third-order valence-corrected chi connectivity index (χ3v) is 7.19. The van der Waals surface area contributed by atoms with Gasteiger partial charge in [-0.2, -0.15) is 5.10 Å². The summed E-state index contributed by atoms with van der Waals surface area (Å²) in [7, 11) is 0. The van der Waals surface area contributed by atoms with Crippen LogP contribution >= 0.6 is 0 Å². The van der Waals surface area contributed by atoms with E-state index in [1.807, 2.05) is 32.9 Å². The number of nitrogens with one attached hydrogen (secondary N) is 2. The number of benzene rings is 2. The zero-order chi connectivity index (χ0) is 28.4. The van der Waals surface area contributed by atoms with Crippen molar-refractivity contribution in [2.24, 2.45) is 5.10 Å². The van der Waals surface area contributed by atoms with Gasteiger partial charge in [0.15, 0.2) is 5.76 Å². The quantitative estimate of drug-likeness (QED) is 0.226. The van der Waals surface area contributed by atoms with E-state index >= 15 is 0 Å². The van der Waals surface area contributed by atoms with Gasteiger partial charge in [0.25, 0.3) is 5.91 Å². The van der Waals surface area contributed by atoms with Crippen LogP contribution in [0.1, 0.15) is 74.3 Å². The summed E-state index contributed by atoms with van der Waals surface area (Å²) in [5, 5.41) is 8.16. The minimum absolute atomic E-state index is 0.131. The van der Waals surface area contributed by atoms with Crippen LogP contribution in [0, 0.1) is 20.8 Å². The number of furan rings is 2. The summed E-state index contributed by atoms with van der Waals surface area (Å²) < 4.78 is 16.7. The summed E-state index contributed by atoms with van der Waals surface area (Å²) in [5.41, 5.74) is 9.48. The van der Waals surface area contributed by atoms with Crippen LogP contribution < -0.4 is 10.7 Å². The van der Waals surface area contributed by atoms with E-state index in [-0.39, 0.29) is 24.7 Å². The van der Waals surface area contributed by atoms with Crippen molar-refractivity contribution in [3.63, 3.8) is 0 Å². The number of anilines is 1. The standard InChI is InChI=1S/C31H31N3O6/c1-5-38-31(37)20-10-12-22(13-11-20)32-30(36)29-19(4)27-24(7-6-8-25(27)40-29)33-34-26(35)15-21-16-39-28-18(3)17(2)9-14-23(21)28/h9-14,16H,5-8,15H2,1-4H3,(H,32,36)(H,34,35)/b33-24+.